The average molecular weight is 1530 g/mol. The molecule has 4 aromatic rings. The number of hydrogen-bond acceptors (Lipinski definition) is 22. The average Bonchev–Trinajstić information content (AvgIpc) is 0.667. The van der Waals surface area contributed by atoms with E-state index in [9.17, 15) is 63.0 Å². The molecule has 2 bridgehead atoms. The highest BCUT2D eigenvalue weighted by Gasteiger charge is 2.78. The van der Waals surface area contributed by atoms with Crippen LogP contribution in [-0.2, 0) is 73.4 Å². The van der Waals surface area contributed by atoms with Crippen molar-refractivity contribution in [2.75, 3.05) is 57.2 Å². The molecule has 0 unspecified atom stereocenters. The lowest BCUT2D eigenvalue weighted by atomic mass is 9.41. The first kappa shape index (κ1) is 84.6. The number of esters is 3. The minimum atomic E-state index is -2.37. The van der Waals surface area contributed by atoms with Crippen LogP contribution in [-0.4, -0.2) is 203 Å². The highest BCUT2D eigenvalue weighted by atomic mass is 32.2. The molecule has 588 valence electrons. The van der Waals surface area contributed by atoms with E-state index in [0.29, 0.717) is 16.8 Å². The molecule has 29 nitrogen and oxygen atoms in total. The Kier molecular flexibility index (Phi) is 28.3. The van der Waals surface area contributed by atoms with Crippen LogP contribution in [0.5, 0.6) is 0 Å². The van der Waals surface area contributed by atoms with Gasteiger partial charge >= 0.3 is 36.1 Å². The lowest BCUT2D eigenvalue weighted by Crippen LogP contribution is -2.80. The number of anilines is 1. The summed E-state index contributed by atoms with van der Waals surface area (Å²) in [6.07, 6.45) is -11.4. The van der Waals surface area contributed by atoms with Gasteiger partial charge in [-0.15, -0.1) is 11.8 Å². The van der Waals surface area contributed by atoms with Crippen LogP contribution in [0.1, 0.15) is 139 Å². The molecule has 109 heavy (non-hydrogen) atoms. The first-order valence-corrected chi connectivity index (χ1v) is 37.4. The third-order valence-electron chi connectivity index (χ3n) is 21.2. The number of amides is 8. The number of benzene rings is 4. The van der Waals surface area contributed by atoms with Crippen molar-refractivity contribution in [1.29, 1.82) is 0 Å². The molecule has 4 aliphatic rings. The minimum Gasteiger partial charge on any atom is -0.456 e. The number of ether oxygens (including phenoxy) is 6. The van der Waals surface area contributed by atoms with Crippen molar-refractivity contribution in [1.82, 2.24) is 31.1 Å². The van der Waals surface area contributed by atoms with Gasteiger partial charge < -0.3 is 80.8 Å². The van der Waals surface area contributed by atoms with Crippen molar-refractivity contribution >= 4 is 94.6 Å². The molecule has 8 rings (SSSR count). The lowest BCUT2D eigenvalue weighted by molar-refractivity contribution is -0.339. The molecule has 3 fully saturated rings. The quantitative estimate of drug-likeness (QED) is 0.00827. The van der Waals surface area contributed by atoms with Crippen molar-refractivity contribution in [2.45, 2.75) is 168 Å². The summed E-state index contributed by atoms with van der Waals surface area (Å²) in [5.74, 6) is -10.5. The van der Waals surface area contributed by atoms with Gasteiger partial charge in [0.2, 0.25) is 17.7 Å². The Morgan fingerprint density at radius 1 is 0.734 bits per heavy atom. The summed E-state index contributed by atoms with van der Waals surface area (Å²) in [6.45, 7) is 14.4. The van der Waals surface area contributed by atoms with Crippen LogP contribution in [0.4, 0.5) is 20.1 Å². The Morgan fingerprint density at radius 2 is 1.34 bits per heavy atom. The first-order chi connectivity index (χ1) is 51.4. The summed E-state index contributed by atoms with van der Waals surface area (Å²) in [7, 11) is 2.79. The van der Waals surface area contributed by atoms with Crippen molar-refractivity contribution < 1.29 is 101 Å². The van der Waals surface area contributed by atoms with Gasteiger partial charge in [0.25, 0.3) is 5.91 Å². The van der Waals surface area contributed by atoms with Crippen LogP contribution in [0.25, 0.3) is 0 Å². The van der Waals surface area contributed by atoms with Crippen LogP contribution in [0.2, 0.25) is 0 Å². The molecule has 1 heterocycles. The molecule has 8 amide bonds. The van der Waals surface area contributed by atoms with Crippen LogP contribution in [0.3, 0.4) is 0 Å². The van der Waals surface area contributed by atoms with Gasteiger partial charge in [0, 0.05) is 107 Å². The SMILES string of the molecule is CC(=O)O[C@H]1C(=O)[C@]2(C)[C@@H](OC(=O)N(C)CCN(C)C(=O)OCc3ccc(NC(=O)[C@H](CCCNC(N)=O)NC(=O)[C@@H](NC(=O)CSCC(=O)C(C)C)C(C)C)cc3)C[C@H]3OC[C@@]3(OC(C)=O)[C@H]2[C@H](CC(=O)c2ccccc2)[C@]2(O)C[C@H](OC(=O)[C@H](O)[C@@H](NC(=O)c3ccccc3)c3ccccc3)C(C)=C1C2(C)C. The van der Waals surface area contributed by atoms with E-state index < -0.39 is 173 Å². The number of urea groups is 1. The molecule has 1 saturated heterocycles. The van der Waals surface area contributed by atoms with Gasteiger partial charge in [-0.05, 0) is 79.1 Å². The highest BCUT2D eigenvalue weighted by Crippen LogP contribution is 2.67. The topological polar surface area (TPSA) is 410 Å². The van der Waals surface area contributed by atoms with E-state index >= 15 is 9.59 Å². The van der Waals surface area contributed by atoms with E-state index in [1.165, 1.54) is 32.8 Å². The van der Waals surface area contributed by atoms with Crippen molar-refractivity contribution in [3.63, 3.8) is 0 Å². The van der Waals surface area contributed by atoms with Gasteiger partial charge in [0.1, 0.15) is 42.8 Å². The van der Waals surface area contributed by atoms with E-state index in [0.717, 1.165) is 30.5 Å². The smallest absolute Gasteiger partial charge is 0.409 e. The maximum absolute atomic E-state index is 16.7. The van der Waals surface area contributed by atoms with Gasteiger partial charge in [-0.25, -0.2) is 19.2 Å². The number of nitrogens with zero attached hydrogens (tertiary/aromatic N) is 2. The Bertz CT molecular complexity index is 4050. The number of carbonyl (C=O) groups excluding carboxylic acids is 13. The molecule has 0 aromatic heterocycles. The summed E-state index contributed by atoms with van der Waals surface area (Å²) >= 11 is 1.12. The summed E-state index contributed by atoms with van der Waals surface area (Å²) in [5.41, 5.74) is -1.31. The largest absolute Gasteiger partial charge is 0.456 e. The molecule has 9 N–H and O–H groups in total. The van der Waals surface area contributed by atoms with Gasteiger partial charge in [0.15, 0.2) is 29.4 Å². The number of nitrogens with one attached hydrogen (secondary N) is 5. The van der Waals surface area contributed by atoms with E-state index in [1.54, 1.807) is 157 Å². The number of Topliss-reactive ketones (excluding diaryl/α,β-unsaturated/α-hetero) is 3. The fourth-order valence-electron chi connectivity index (χ4n) is 15.0. The monoisotopic (exact) mass is 1530 g/mol. The molecular formula is C79H100N8O21S. The zero-order valence-corrected chi connectivity index (χ0v) is 64.2. The van der Waals surface area contributed by atoms with Crippen molar-refractivity contribution in [3.05, 3.63) is 149 Å². The minimum absolute atomic E-state index is 0.0221. The zero-order valence-electron chi connectivity index (χ0n) is 63.4. The van der Waals surface area contributed by atoms with Gasteiger partial charge in [-0.3, -0.25) is 43.2 Å². The fraction of sp³-hybridized carbons (Fsp3) is 0.506. The summed E-state index contributed by atoms with van der Waals surface area (Å²) < 4.78 is 37.1. The molecule has 0 radical (unpaired) electrons. The third kappa shape index (κ3) is 19.7. The second-order valence-corrected chi connectivity index (χ2v) is 30.6. The Labute approximate surface area is 637 Å². The maximum atomic E-state index is 16.7. The number of fused-ring (bicyclic) bond motifs is 5. The van der Waals surface area contributed by atoms with Crippen LogP contribution < -0.4 is 32.3 Å². The lowest BCUT2D eigenvalue weighted by Gasteiger charge is -2.68. The van der Waals surface area contributed by atoms with E-state index in [-0.39, 0.29) is 97.6 Å². The predicted molar refractivity (Wildman–Crippen MR) is 398 cm³/mol. The summed E-state index contributed by atoms with van der Waals surface area (Å²) in [6, 6.07) is 26.2. The van der Waals surface area contributed by atoms with Gasteiger partial charge in [0.05, 0.1) is 35.2 Å². The normalized spacial score (nSPS) is 23.5. The number of thioether (sulfide) groups is 1. The first-order valence-electron chi connectivity index (χ1n) is 36.2. The van der Waals surface area contributed by atoms with E-state index in [2.05, 4.69) is 26.6 Å². The molecule has 4 aromatic carbocycles. The number of primary amides is 1. The number of ketones is 3. The molecule has 13 atom stereocenters. The second-order valence-electron chi connectivity index (χ2n) is 29.6. The number of carbonyl (C=O) groups is 13. The Hall–Kier alpha value is -10.0. The fourth-order valence-corrected chi connectivity index (χ4v) is 15.9. The maximum Gasteiger partial charge on any atom is 0.409 e. The summed E-state index contributed by atoms with van der Waals surface area (Å²) in [5, 5.41) is 39.9. The van der Waals surface area contributed by atoms with Crippen molar-refractivity contribution in [3.8, 4) is 0 Å². The van der Waals surface area contributed by atoms with E-state index in [4.69, 9.17) is 34.2 Å². The molecule has 0 spiro atoms. The molecule has 2 saturated carbocycles. The number of nitrogens with two attached hydrogens (primary N) is 1. The number of aliphatic hydroxyl groups is 2. The zero-order chi connectivity index (χ0) is 80.0. The molecule has 1 aliphatic heterocycles. The Morgan fingerprint density at radius 3 is 1.91 bits per heavy atom. The predicted octanol–water partition coefficient (Wildman–Crippen LogP) is 6.71. The molecule has 30 heteroatoms. The van der Waals surface area contributed by atoms with Gasteiger partial charge in [-0.1, -0.05) is 133 Å². The highest BCUT2D eigenvalue weighted by molar-refractivity contribution is 8.00. The van der Waals surface area contributed by atoms with E-state index in [1.807, 2.05) is 0 Å². The van der Waals surface area contributed by atoms with Gasteiger partial charge in [-0.2, -0.15) is 0 Å². The molecule has 3 aliphatic carbocycles. The van der Waals surface area contributed by atoms with Crippen LogP contribution in [0.15, 0.2) is 126 Å². The molecular weight excluding hydrogens is 1430 g/mol. The number of rotatable bonds is 32. The number of hydrogen-bond donors (Lipinski definition) is 8. The number of likely N-dealkylation sites (N-methyl/N-ethyl adjacent to an activating group) is 2. The third-order valence-corrected chi connectivity index (χ3v) is 22.1. The standard InChI is InChI=1S/C79H100N8O21S/c1-44(2)57(91)41-109-42-61(92)84-63(45(3)4)71(97)83-55(29-22-34-81-73(80)99)70(96)82-53-32-30-49(31-33-53)40-103-74(100)86(11)35-36-87(12)75(101)107-59-38-60-78(43-104-60,108-48(7)89)67-54(37-56(90)50-23-16-13-17-24-50)79(102)39-58(46(5)62(76(79,8)9)66(105-47(6)88)68(94)77(59,67)10)106-72(98)65(93)64(51-25-18-14-19-26-51)85-69(95)52-27-20-15-21-28-52/h13-21,23-28,30-33,44-45,54-55,58-60,63-67,93,102H,22,29,34-43H2,1-12H3,(H,82,96)(H,83,97)(H,84,92)(H,85,95)(H3,80,81,99)/t54-,55-,58-,59-,60+,63-,64-,65+,66+,67-,77+,78-,79+/m0/s1. The van der Waals surface area contributed by atoms with Crippen molar-refractivity contribution in [2.24, 2.45) is 40.2 Å². The van der Waals surface area contributed by atoms with Crippen LogP contribution in [0, 0.1) is 34.5 Å². The second kappa shape index (κ2) is 36.4. The van der Waals surface area contributed by atoms with Crippen LogP contribution >= 0.6 is 11.8 Å². The number of aliphatic hydroxyl groups excluding tert-OH is 1. The Balaban J connectivity index is 1.01. The summed E-state index contributed by atoms with van der Waals surface area (Å²) in [4.78, 5) is 182.